The summed E-state index contributed by atoms with van der Waals surface area (Å²) in [5, 5.41) is 11.6. The van der Waals surface area contributed by atoms with Gasteiger partial charge in [0.15, 0.2) is 6.29 Å². The van der Waals surface area contributed by atoms with Gasteiger partial charge < -0.3 is 5.11 Å². The van der Waals surface area contributed by atoms with Crippen molar-refractivity contribution in [1.29, 1.82) is 0 Å². The van der Waals surface area contributed by atoms with Gasteiger partial charge in [0.05, 0.1) is 5.02 Å². The van der Waals surface area contributed by atoms with Crippen molar-refractivity contribution in [2.75, 3.05) is 0 Å². The summed E-state index contributed by atoms with van der Waals surface area (Å²) >= 11 is 5.89. The van der Waals surface area contributed by atoms with E-state index in [4.69, 9.17) is 11.6 Å². The first-order valence-electron chi connectivity index (χ1n) is 5.07. The minimum absolute atomic E-state index is 0.0553. The molecule has 0 amide bonds. The molecule has 0 aliphatic carbocycles. The lowest BCUT2D eigenvalue weighted by Crippen LogP contribution is -1.90. The molecule has 16 heavy (non-hydrogen) atoms. The van der Waals surface area contributed by atoms with E-state index in [-0.39, 0.29) is 10.8 Å². The number of hydrogen-bond donors (Lipinski definition) is 1. The quantitative estimate of drug-likeness (QED) is 0.807. The Balaban J connectivity index is 2.98. The van der Waals surface area contributed by atoms with Gasteiger partial charge >= 0.3 is 0 Å². The fraction of sp³-hybridized carbons (Fsp3) is 0.154. The zero-order valence-electron chi connectivity index (χ0n) is 8.83. The second-order valence-corrected chi connectivity index (χ2v) is 4.01. The average Bonchev–Trinajstić information content (AvgIpc) is 2.32. The van der Waals surface area contributed by atoms with Crippen molar-refractivity contribution in [3.05, 3.63) is 40.4 Å². The third kappa shape index (κ3) is 1.55. The van der Waals surface area contributed by atoms with E-state index in [1.54, 1.807) is 0 Å². The highest BCUT2D eigenvalue weighted by Crippen LogP contribution is 2.36. The number of hydrogen-bond acceptors (Lipinski definition) is 2. The fourth-order valence-corrected chi connectivity index (χ4v) is 2.13. The molecule has 0 aliphatic rings. The number of fused-ring (bicyclic) bond motifs is 1. The molecule has 0 aromatic heterocycles. The molecule has 0 spiro atoms. The molecule has 1 N–H and O–H groups in total. The van der Waals surface area contributed by atoms with E-state index >= 15 is 0 Å². The maximum atomic E-state index is 10.9. The Morgan fingerprint density at radius 2 is 2.19 bits per heavy atom. The van der Waals surface area contributed by atoms with Crippen LogP contribution in [0.4, 0.5) is 0 Å². The first-order valence-corrected chi connectivity index (χ1v) is 5.45. The molecular formula is C13H11ClO2. The predicted octanol–water partition coefficient (Wildman–Crippen LogP) is 3.57. The first-order chi connectivity index (χ1) is 7.69. The third-order valence-corrected chi connectivity index (χ3v) is 3.00. The van der Waals surface area contributed by atoms with Crippen LogP contribution in [-0.4, -0.2) is 11.4 Å². The van der Waals surface area contributed by atoms with Crippen LogP contribution in [0.15, 0.2) is 24.3 Å². The van der Waals surface area contributed by atoms with E-state index in [0.29, 0.717) is 10.9 Å². The summed E-state index contributed by atoms with van der Waals surface area (Å²) in [6, 6.07) is 7.11. The second kappa shape index (κ2) is 4.14. The van der Waals surface area contributed by atoms with E-state index in [9.17, 15) is 9.90 Å². The lowest BCUT2D eigenvalue weighted by atomic mass is 9.98. The first kappa shape index (κ1) is 11.0. The van der Waals surface area contributed by atoms with Crippen LogP contribution in [0.3, 0.4) is 0 Å². The molecule has 0 saturated carbocycles. The van der Waals surface area contributed by atoms with Crippen LogP contribution >= 0.6 is 11.6 Å². The highest BCUT2D eigenvalue weighted by molar-refractivity contribution is 6.34. The summed E-state index contributed by atoms with van der Waals surface area (Å²) in [5.41, 5.74) is 1.49. The molecule has 0 aliphatic heterocycles. The van der Waals surface area contributed by atoms with Gasteiger partial charge in [0.1, 0.15) is 5.75 Å². The van der Waals surface area contributed by atoms with Crippen molar-refractivity contribution in [2.45, 2.75) is 13.3 Å². The Morgan fingerprint density at radius 1 is 1.44 bits per heavy atom. The number of phenols is 1. The number of benzene rings is 2. The molecule has 0 saturated heterocycles. The molecule has 0 bridgehead atoms. The van der Waals surface area contributed by atoms with Gasteiger partial charge in [0, 0.05) is 10.9 Å². The molecule has 0 atom stereocenters. The van der Waals surface area contributed by atoms with E-state index in [2.05, 4.69) is 0 Å². The van der Waals surface area contributed by atoms with Gasteiger partial charge in [-0.15, -0.1) is 0 Å². The summed E-state index contributed by atoms with van der Waals surface area (Å²) in [6.45, 7) is 2.00. The zero-order valence-corrected chi connectivity index (χ0v) is 9.58. The van der Waals surface area contributed by atoms with Gasteiger partial charge in [-0.1, -0.05) is 36.7 Å². The number of carbonyl (C=O) groups is 1. The number of aryl methyl sites for hydroxylation is 1. The summed E-state index contributed by atoms with van der Waals surface area (Å²) in [7, 11) is 0. The average molecular weight is 235 g/mol. The largest absolute Gasteiger partial charge is 0.506 e. The number of aldehydes is 1. The second-order valence-electron chi connectivity index (χ2n) is 3.61. The molecule has 2 nitrogen and oxygen atoms in total. The molecular weight excluding hydrogens is 224 g/mol. The molecule has 3 heteroatoms. The highest BCUT2D eigenvalue weighted by Gasteiger charge is 2.12. The molecule has 82 valence electrons. The van der Waals surface area contributed by atoms with Crippen LogP contribution in [0.2, 0.25) is 5.02 Å². The summed E-state index contributed by atoms with van der Waals surface area (Å²) in [5.74, 6) is 0.0553. The predicted molar refractivity (Wildman–Crippen MR) is 65.4 cm³/mol. The molecule has 2 rings (SSSR count). The Morgan fingerprint density at radius 3 is 2.81 bits per heavy atom. The van der Waals surface area contributed by atoms with Gasteiger partial charge in [-0.25, -0.2) is 0 Å². The molecule has 0 fully saturated rings. The fourth-order valence-electron chi connectivity index (χ4n) is 1.91. The van der Waals surface area contributed by atoms with Crippen LogP contribution < -0.4 is 0 Å². The normalized spacial score (nSPS) is 10.6. The number of carbonyl (C=O) groups excluding carboxylic acids is 1. The third-order valence-electron chi connectivity index (χ3n) is 2.71. The lowest BCUT2D eigenvalue weighted by Gasteiger charge is -2.09. The van der Waals surface area contributed by atoms with Gasteiger partial charge in [0.25, 0.3) is 0 Å². The maximum absolute atomic E-state index is 10.9. The number of halogens is 1. The van der Waals surface area contributed by atoms with E-state index < -0.39 is 0 Å². The van der Waals surface area contributed by atoms with Crippen molar-refractivity contribution in [3.63, 3.8) is 0 Å². The van der Waals surface area contributed by atoms with Gasteiger partial charge in [-0.2, -0.15) is 0 Å². The Labute approximate surface area is 98.5 Å². The smallest absolute Gasteiger partial charge is 0.150 e. The molecule has 0 radical (unpaired) electrons. The van der Waals surface area contributed by atoms with E-state index in [0.717, 1.165) is 23.7 Å². The van der Waals surface area contributed by atoms with Gasteiger partial charge in [0.2, 0.25) is 0 Å². The number of phenolic OH excluding ortho intramolecular Hbond substituents is 1. The zero-order chi connectivity index (χ0) is 11.7. The topological polar surface area (TPSA) is 37.3 Å². The molecule has 2 aromatic rings. The van der Waals surface area contributed by atoms with Crippen molar-refractivity contribution in [3.8, 4) is 5.75 Å². The molecule has 0 unspecified atom stereocenters. The van der Waals surface area contributed by atoms with Crippen LogP contribution in [0.5, 0.6) is 5.75 Å². The van der Waals surface area contributed by atoms with Gasteiger partial charge in [-0.05, 0) is 23.4 Å². The summed E-state index contributed by atoms with van der Waals surface area (Å²) < 4.78 is 0. The highest BCUT2D eigenvalue weighted by atomic mass is 35.5. The maximum Gasteiger partial charge on any atom is 0.150 e. The Bertz CT molecular complexity index is 561. The van der Waals surface area contributed by atoms with Crippen molar-refractivity contribution < 1.29 is 9.90 Å². The van der Waals surface area contributed by atoms with Crippen molar-refractivity contribution >= 4 is 28.7 Å². The SMILES string of the molecule is CCc1cccc2c(C=O)cc(Cl)c(O)c12. The lowest BCUT2D eigenvalue weighted by molar-refractivity contribution is 0.112. The molecule has 2 aromatic carbocycles. The van der Waals surface area contributed by atoms with Crippen LogP contribution in [0, 0.1) is 0 Å². The van der Waals surface area contributed by atoms with Crippen LogP contribution in [0.1, 0.15) is 22.8 Å². The van der Waals surface area contributed by atoms with Crippen LogP contribution in [0.25, 0.3) is 10.8 Å². The standard InChI is InChI=1S/C13H11ClO2/c1-2-8-4-3-5-10-9(7-15)6-11(14)13(16)12(8)10/h3-7,16H,2H2,1H3. The number of rotatable bonds is 2. The number of aromatic hydroxyl groups is 1. The van der Waals surface area contributed by atoms with Crippen LogP contribution in [-0.2, 0) is 6.42 Å². The minimum Gasteiger partial charge on any atom is -0.506 e. The Hall–Kier alpha value is -1.54. The van der Waals surface area contributed by atoms with Gasteiger partial charge in [-0.3, -0.25) is 4.79 Å². The summed E-state index contributed by atoms with van der Waals surface area (Å²) in [4.78, 5) is 10.9. The summed E-state index contributed by atoms with van der Waals surface area (Å²) in [6.07, 6.45) is 1.54. The Kier molecular flexibility index (Phi) is 2.84. The molecule has 0 heterocycles. The van der Waals surface area contributed by atoms with Crippen molar-refractivity contribution in [1.82, 2.24) is 0 Å². The van der Waals surface area contributed by atoms with Crippen molar-refractivity contribution in [2.24, 2.45) is 0 Å². The monoisotopic (exact) mass is 234 g/mol. The van der Waals surface area contributed by atoms with E-state index in [1.165, 1.54) is 6.07 Å². The minimum atomic E-state index is 0.0553. The van der Waals surface area contributed by atoms with E-state index in [1.807, 2.05) is 25.1 Å².